The maximum absolute atomic E-state index is 14.1. The fraction of sp³-hybridized carbons (Fsp3) is 0.429. The molecule has 3 N–H and O–H groups in total. The first-order valence-corrected chi connectivity index (χ1v) is 16.7. The van der Waals surface area contributed by atoms with E-state index in [0.29, 0.717) is 32.3 Å². The van der Waals surface area contributed by atoms with E-state index in [1.165, 1.54) is 0 Å². The van der Waals surface area contributed by atoms with Crippen molar-refractivity contribution in [1.82, 2.24) is 5.32 Å². The van der Waals surface area contributed by atoms with Crippen LogP contribution in [0.2, 0.25) is 10.1 Å². The lowest BCUT2D eigenvalue weighted by Crippen LogP contribution is -2.61. The van der Waals surface area contributed by atoms with Crippen LogP contribution in [0.15, 0.2) is 91.0 Å². The number of benzene rings is 3. The number of rotatable bonds is 13. The molecule has 0 saturated carbocycles. The Morgan fingerprint density at radius 1 is 0.738 bits per heavy atom. The zero-order valence-corrected chi connectivity index (χ0v) is 27.1. The number of aryl methyl sites for hydroxylation is 1. The van der Waals surface area contributed by atoms with Crippen molar-refractivity contribution in [3.8, 4) is 0 Å². The van der Waals surface area contributed by atoms with E-state index in [4.69, 9.17) is 14.6 Å². The molecule has 2 atom stereocenters. The first kappa shape index (κ1) is 33.2. The molecule has 3 rings (SSSR count). The van der Waals surface area contributed by atoms with Gasteiger partial charge in [0.2, 0.25) is 5.91 Å². The molecule has 0 radical (unpaired) electrons. The molecule has 42 heavy (non-hydrogen) atoms. The van der Waals surface area contributed by atoms with Crippen molar-refractivity contribution < 1.29 is 18.4 Å². The van der Waals surface area contributed by atoms with Gasteiger partial charge in [-0.05, 0) is 36.0 Å². The Morgan fingerprint density at radius 3 is 1.67 bits per heavy atom. The van der Waals surface area contributed by atoms with E-state index in [0.717, 1.165) is 16.7 Å². The Bertz CT molecular complexity index is 1240. The van der Waals surface area contributed by atoms with Crippen LogP contribution in [0, 0.1) is 0 Å². The van der Waals surface area contributed by atoms with Crippen LogP contribution >= 0.6 is 0 Å². The van der Waals surface area contributed by atoms with Gasteiger partial charge in [-0.3, -0.25) is 9.59 Å². The van der Waals surface area contributed by atoms with Gasteiger partial charge < -0.3 is 19.9 Å². The zero-order chi connectivity index (χ0) is 30.8. The number of carbonyl (C=O) groups is 2. The molecule has 7 heteroatoms. The summed E-state index contributed by atoms with van der Waals surface area (Å²) in [4.78, 5) is 27.4. The highest BCUT2D eigenvalue weighted by Gasteiger charge is 2.61. The molecule has 0 fully saturated rings. The number of nitrogens with two attached hydrogens (primary N) is 1. The Labute approximate surface area is 253 Å². The number of nitrogens with one attached hydrogen (secondary N) is 1. The molecular formula is C35H48N2O4Si. The molecule has 6 nitrogen and oxygen atoms in total. The summed E-state index contributed by atoms with van der Waals surface area (Å²) >= 11 is 0. The van der Waals surface area contributed by atoms with Crippen molar-refractivity contribution >= 4 is 20.4 Å². The van der Waals surface area contributed by atoms with Gasteiger partial charge in [0.1, 0.15) is 6.04 Å². The van der Waals surface area contributed by atoms with Gasteiger partial charge in [0.25, 0.3) is 0 Å². The van der Waals surface area contributed by atoms with Crippen molar-refractivity contribution in [1.29, 1.82) is 0 Å². The maximum Gasteiger partial charge on any atom is 0.412 e. The van der Waals surface area contributed by atoms with E-state index >= 15 is 0 Å². The second-order valence-corrected chi connectivity index (χ2v) is 17.7. The van der Waals surface area contributed by atoms with Crippen molar-refractivity contribution in [2.45, 2.75) is 89.4 Å². The van der Waals surface area contributed by atoms with E-state index in [2.05, 4.69) is 59.0 Å². The molecule has 3 aromatic rings. The Hall–Kier alpha value is -3.26. The lowest BCUT2D eigenvalue weighted by Gasteiger charge is -2.48. The minimum atomic E-state index is -3.27. The van der Waals surface area contributed by atoms with Gasteiger partial charge in [-0.15, -0.1) is 0 Å². The predicted molar refractivity (Wildman–Crippen MR) is 172 cm³/mol. The third kappa shape index (κ3) is 9.12. The minimum absolute atomic E-state index is 0.291. The fourth-order valence-electron chi connectivity index (χ4n) is 5.48. The van der Waals surface area contributed by atoms with Crippen LogP contribution < -0.4 is 11.1 Å². The standard InChI is InChI=1S/C35H48N2O4Si/c1-34(2,3)42(35(4,5)6,40-25-24-28-18-12-8-13-19-28)41-33(39)31(26-29-20-14-9-15-21-29)37-32(38)30(36)23-22-27-16-10-7-11-17-27/h7-21,30-31H,22-26,36H2,1-6H3,(H,37,38)/t30-,31-/m0/s1. The Kier molecular flexibility index (Phi) is 11.7. The molecule has 0 aromatic heterocycles. The summed E-state index contributed by atoms with van der Waals surface area (Å²) in [6, 6.07) is 28.0. The smallest absolute Gasteiger partial charge is 0.412 e. The maximum atomic E-state index is 14.1. The number of carbonyl (C=O) groups excluding carboxylic acids is 2. The van der Waals surface area contributed by atoms with E-state index in [1.807, 2.05) is 78.9 Å². The molecule has 0 bridgehead atoms. The van der Waals surface area contributed by atoms with E-state index in [1.54, 1.807) is 0 Å². The molecule has 0 spiro atoms. The van der Waals surface area contributed by atoms with Crippen LogP contribution in [0.1, 0.15) is 64.7 Å². The summed E-state index contributed by atoms with van der Waals surface area (Å²) in [7, 11) is -3.27. The van der Waals surface area contributed by atoms with Gasteiger partial charge in [0.05, 0.1) is 6.04 Å². The van der Waals surface area contributed by atoms with E-state index in [-0.39, 0.29) is 5.91 Å². The highest BCUT2D eigenvalue weighted by atomic mass is 28.4. The quantitative estimate of drug-likeness (QED) is 0.222. The molecule has 3 aromatic carbocycles. The molecule has 1 amide bonds. The zero-order valence-electron chi connectivity index (χ0n) is 26.1. The fourth-order valence-corrected chi connectivity index (χ4v) is 10.1. The van der Waals surface area contributed by atoms with Gasteiger partial charge in [-0.25, -0.2) is 0 Å². The summed E-state index contributed by atoms with van der Waals surface area (Å²) in [5.74, 6) is -0.855. The molecule has 0 heterocycles. The molecule has 226 valence electrons. The lowest BCUT2D eigenvalue weighted by atomic mass is 10.0. The lowest BCUT2D eigenvalue weighted by molar-refractivity contribution is -0.142. The van der Waals surface area contributed by atoms with E-state index in [9.17, 15) is 9.59 Å². The van der Waals surface area contributed by atoms with E-state index < -0.39 is 36.7 Å². The number of hydrogen-bond acceptors (Lipinski definition) is 5. The average Bonchev–Trinajstić information content (AvgIpc) is 2.95. The van der Waals surface area contributed by atoms with Crippen LogP contribution in [0.3, 0.4) is 0 Å². The summed E-state index contributed by atoms with van der Waals surface area (Å²) < 4.78 is 13.3. The molecule has 0 aliphatic carbocycles. The normalized spacial score (nSPS) is 13.7. The first-order valence-electron chi connectivity index (χ1n) is 14.9. The van der Waals surface area contributed by atoms with Crippen molar-refractivity contribution in [3.05, 3.63) is 108 Å². The Balaban J connectivity index is 1.83. The van der Waals surface area contributed by atoms with Gasteiger partial charge in [0.15, 0.2) is 0 Å². The molecule has 0 saturated heterocycles. The largest absolute Gasteiger partial charge is 0.492 e. The average molecular weight is 589 g/mol. The van der Waals surface area contributed by atoms with Crippen LogP contribution in [-0.4, -0.2) is 39.1 Å². The molecule has 0 aliphatic rings. The highest BCUT2D eigenvalue weighted by molar-refractivity contribution is 6.74. The van der Waals surface area contributed by atoms with Gasteiger partial charge >= 0.3 is 14.5 Å². The summed E-state index contributed by atoms with van der Waals surface area (Å²) in [5, 5.41) is 2.06. The van der Waals surface area contributed by atoms with Crippen molar-refractivity contribution in [3.63, 3.8) is 0 Å². The monoisotopic (exact) mass is 588 g/mol. The predicted octanol–water partition coefficient (Wildman–Crippen LogP) is 6.52. The summed E-state index contributed by atoms with van der Waals surface area (Å²) in [6.07, 6.45) is 2.14. The van der Waals surface area contributed by atoms with Crippen molar-refractivity contribution in [2.75, 3.05) is 6.61 Å². The summed E-state index contributed by atoms with van der Waals surface area (Å²) in [6.45, 7) is 12.9. The van der Waals surface area contributed by atoms with Gasteiger partial charge in [-0.1, -0.05) is 133 Å². The number of hydrogen-bond donors (Lipinski definition) is 2. The topological polar surface area (TPSA) is 90.6 Å². The third-order valence-corrected chi connectivity index (χ3v) is 12.6. The first-order chi connectivity index (χ1) is 19.8. The molecule has 0 unspecified atom stereocenters. The number of amides is 1. The van der Waals surface area contributed by atoms with Crippen LogP contribution in [0.4, 0.5) is 0 Å². The Morgan fingerprint density at radius 2 is 1.19 bits per heavy atom. The minimum Gasteiger partial charge on any atom is -0.492 e. The molecular weight excluding hydrogens is 540 g/mol. The van der Waals surface area contributed by atoms with Crippen LogP contribution in [0.5, 0.6) is 0 Å². The SMILES string of the molecule is CC(C)(C)[Si](OCCc1ccccc1)(OC(=O)[C@H](Cc1ccccc1)NC(=O)[C@@H](N)CCc1ccccc1)C(C)(C)C. The third-order valence-electron chi connectivity index (χ3n) is 7.57. The second-order valence-electron chi connectivity index (χ2n) is 13.0. The highest BCUT2D eigenvalue weighted by Crippen LogP contribution is 2.52. The van der Waals surface area contributed by atoms with Crippen LogP contribution in [0.25, 0.3) is 0 Å². The summed E-state index contributed by atoms with van der Waals surface area (Å²) in [5.41, 5.74) is 9.50. The van der Waals surface area contributed by atoms with Gasteiger partial charge in [0, 0.05) is 23.1 Å². The second kappa shape index (κ2) is 14.8. The van der Waals surface area contributed by atoms with Crippen LogP contribution in [-0.2, 0) is 37.7 Å². The van der Waals surface area contributed by atoms with Crippen molar-refractivity contribution in [2.24, 2.45) is 5.73 Å². The molecule has 0 aliphatic heterocycles. The van der Waals surface area contributed by atoms with Gasteiger partial charge in [-0.2, -0.15) is 0 Å².